The molecule has 16 heavy (non-hydrogen) atoms. The second-order valence-electron chi connectivity index (χ2n) is 4.73. The molecule has 2 atom stereocenters. The van der Waals surface area contributed by atoms with Crippen LogP contribution >= 0.6 is 0 Å². The van der Waals surface area contributed by atoms with E-state index in [1.54, 1.807) is 0 Å². The molecule has 1 aliphatic carbocycles. The van der Waals surface area contributed by atoms with Gasteiger partial charge >= 0.3 is 0 Å². The van der Waals surface area contributed by atoms with Crippen molar-refractivity contribution in [3.8, 4) is 0 Å². The summed E-state index contributed by atoms with van der Waals surface area (Å²) in [7, 11) is 0. The predicted molar refractivity (Wildman–Crippen MR) is 62.2 cm³/mol. The zero-order valence-electron chi connectivity index (χ0n) is 9.90. The molecular formula is C13H22O3. The van der Waals surface area contributed by atoms with Crippen molar-refractivity contribution in [3.05, 3.63) is 12.8 Å². The van der Waals surface area contributed by atoms with Crippen molar-refractivity contribution in [2.75, 3.05) is 19.8 Å². The van der Waals surface area contributed by atoms with Crippen LogP contribution in [0.5, 0.6) is 0 Å². The molecule has 2 aliphatic rings. The van der Waals surface area contributed by atoms with Crippen LogP contribution in [0.2, 0.25) is 0 Å². The summed E-state index contributed by atoms with van der Waals surface area (Å²) in [5, 5.41) is 0. The van der Waals surface area contributed by atoms with E-state index in [0.29, 0.717) is 18.6 Å². The number of hydrogen-bond acceptors (Lipinski definition) is 3. The van der Waals surface area contributed by atoms with Crippen molar-refractivity contribution in [3.63, 3.8) is 0 Å². The maximum Gasteiger partial charge on any atom is 0.114 e. The Hall–Kier alpha value is -0.540. The first kappa shape index (κ1) is 11.9. The van der Waals surface area contributed by atoms with Gasteiger partial charge in [-0.05, 0) is 18.8 Å². The Labute approximate surface area is 97.8 Å². The van der Waals surface area contributed by atoms with Crippen molar-refractivity contribution < 1.29 is 14.2 Å². The van der Waals surface area contributed by atoms with Crippen LogP contribution < -0.4 is 0 Å². The molecular weight excluding hydrogens is 204 g/mol. The summed E-state index contributed by atoms with van der Waals surface area (Å²) < 4.78 is 16.4. The van der Waals surface area contributed by atoms with Crippen LogP contribution in [-0.2, 0) is 14.2 Å². The van der Waals surface area contributed by atoms with Crippen molar-refractivity contribution >= 4 is 0 Å². The molecule has 0 radical (unpaired) electrons. The van der Waals surface area contributed by atoms with Gasteiger partial charge < -0.3 is 14.2 Å². The van der Waals surface area contributed by atoms with Crippen LogP contribution in [0.1, 0.15) is 32.1 Å². The number of epoxide rings is 1. The minimum Gasteiger partial charge on any atom is -0.499 e. The van der Waals surface area contributed by atoms with Gasteiger partial charge in [0, 0.05) is 0 Å². The van der Waals surface area contributed by atoms with Gasteiger partial charge in [0.2, 0.25) is 0 Å². The predicted octanol–water partition coefficient (Wildman–Crippen LogP) is 2.51. The maximum absolute atomic E-state index is 5.91. The van der Waals surface area contributed by atoms with Gasteiger partial charge in [0.05, 0.1) is 25.6 Å². The van der Waals surface area contributed by atoms with Gasteiger partial charge in [-0.3, -0.25) is 0 Å². The third kappa shape index (κ3) is 3.80. The molecule has 0 aromatic carbocycles. The van der Waals surface area contributed by atoms with Gasteiger partial charge in [0.1, 0.15) is 12.7 Å². The SMILES string of the molecule is C=COCC(OCC1CO1)C1CCCCC1. The lowest BCUT2D eigenvalue weighted by Crippen LogP contribution is -2.31. The summed E-state index contributed by atoms with van der Waals surface area (Å²) in [5.74, 6) is 0.660. The molecule has 0 bridgehead atoms. The number of rotatable bonds is 7. The van der Waals surface area contributed by atoms with E-state index in [-0.39, 0.29) is 6.10 Å². The van der Waals surface area contributed by atoms with Gasteiger partial charge in [-0.25, -0.2) is 0 Å². The lowest BCUT2D eigenvalue weighted by atomic mass is 9.85. The van der Waals surface area contributed by atoms with Crippen LogP contribution in [0.15, 0.2) is 12.8 Å². The fourth-order valence-electron chi connectivity index (χ4n) is 2.38. The van der Waals surface area contributed by atoms with Crippen LogP contribution in [0.25, 0.3) is 0 Å². The smallest absolute Gasteiger partial charge is 0.114 e. The molecule has 3 heteroatoms. The highest BCUT2D eigenvalue weighted by Crippen LogP contribution is 2.28. The molecule has 0 amide bonds. The average Bonchev–Trinajstić information content (AvgIpc) is 3.14. The Balaban J connectivity index is 1.75. The van der Waals surface area contributed by atoms with Crippen LogP contribution in [0.3, 0.4) is 0 Å². The van der Waals surface area contributed by atoms with Gasteiger partial charge in [-0.15, -0.1) is 0 Å². The lowest BCUT2D eigenvalue weighted by Gasteiger charge is -2.29. The molecule has 0 aromatic rings. The Morgan fingerprint density at radius 3 is 2.69 bits per heavy atom. The Bertz CT molecular complexity index is 207. The van der Waals surface area contributed by atoms with E-state index in [9.17, 15) is 0 Å². The van der Waals surface area contributed by atoms with Gasteiger partial charge in [0.25, 0.3) is 0 Å². The van der Waals surface area contributed by atoms with E-state index in [1.165, 1.54) is 38.4 Å². The van der Waals surface area contributed by atoms with E-state index in [2.05, 4.69) is 6.58 Å². The lowest BCUT2D eigenvalue weighted by molar-refractivity contribution is -0.0405. The summed E-state index contributed by atoms with van der Waals surface area (Å²) in [6, 6.07) is 0. The van der Waals surface area contributed by atoms with Crippen molar-refractivity contribution in [1.29, 1.82) is 0 Å². The zero-order chi connectivity index (χ0) is 11.2. The molecule has 0 N–H and O–H groups in total. The zero-order valence-corrected chi connectivity index (χ0v) is 9.90. The molecule has 2 fully saturated rings. The van der Waals surface area contributed by atoms with Crippen molar-refractivity contribution in [1.82, 2.24) is 0 Å². The normalized spacial score (nSPS) is 27.4. The summed E-state index contributed by atoms with van der Waals surface area (Å²) in [4.78, 5) is 0. The highest BCUT2D eigenvalue weighted by molar-refractivity contribution is 4.77. The first-order valence-electron chi connectivity index (χ1n) is 6.36. The highest BCUT2D eigenvalue weighted by atomic mass is 16.6. The Morgan fingerprint density at radius 1 is 1.31 bits per heavy atom. The van der Waals surface area contributed by atoms with E-state index < -0.39 is 0 Å². The van der Waals surface area contributed by atoms with Gasteiger partial charge in [0.15, 0.2) is 0 Å². The minimum absolute atomic E-state index is 0.225. The molecule has 1 heterocycles. The van der Waals surface area contributed by atoms with Crippen LogP contribution in [0.4, 0.5) is 0 Å². The fourth-order valence-corrected chi connectivity index (χ4v) is 2.38. The second kappa shape index (κ2) is 6.26. The van der Waals surface area contributed by atoms with Crippen LogP contribution in [0, 0.1) is 5.92 Å². The quantitative estimate of drug-likeness (QED) is 0.493. The molecule has 0 aromatic heterocycles. The first-order chi connectivity index (χ1) is 7.90. The Morgan fingerprint density at radius 2 is 2.06 bits per heavy atom. The largest absolute Gasteiger partial charge is 0.499 e. The molecule has 3 nitrogen and oxygen atoms in total. The highest BCUT2D eigenvalue weighted by Gasteiger charge is 2.29. The molecule has 2 unspecified atom stereocenters. The minimum atomic E-state index is 0.225. The number of ether oxygens (including phenoxy) is 3. The standard InChI is InChI=1S/C13H22O3/c1-2-14-10-13(16-9-12-8-15-12)11-6-4-3-5-7-11/h2,11-13H,1,3-10H2. The van der Waals surface area contributed by atoms with Crippen molar-refractivity contribution in [2.45, 2.75) is 44.3 Å². The van der Waals surface area contributed by atoms with Gasteiger partial charge in [-0.2, -0.15) is 0 Å². The molecule has 1 aliphatic heterocycles. The first-order valence-corrected chi connectivity index (χ1v) is 6.36. The van der Waals surface area contributed by atoms with E-state index in [0.717, 1.165) is 13.2 Å². The summed E-state index contributed by atoms with van der Waals surface area (Å²) in [5.41, 5.74) is 0. The average molecular weight is 226 g/mol. The molecule has 2 rings (SSSR count). The molecule has 92 valence electrons. The summed E-state index contributed by atoms with van der Waals surface area (Å²) >= 11 is 0. The van der Waals surface area contributed by atoms with E-state index in [1.807, 2.05) is 0 Å². The van der Waals surface area contributed by atoms with E-state index >= 15 is 0 Å². The van der Waals surface area contributed by atoms with Crippen LogP contribution in [-0.4, -0.2) is 32.0 Å². The van der Waals surface area contributed by atoms with Gasteiger partial charge in [-0.1, -0.05) is 25.8 Å². The second-order valence-corrected chi connectivity index (χ2v) is 4.73. The molecule has 1 saturated heterocycles. The Kier molecular flexibility index (Phi) is 4.67. The summed E-state index contributed by atoms with van der Waals surface area (Å²) in [6.45, 7) is 5.81. The number of hydrogen-bond donors (Lipinski definition) is 0. The monoisotopic (exact) mass is 226 g/mol. The van der Waals surface area contributed by atoms with E-state index in [4.69, 9.17) is 14.2 Å². The molecule has 1 saturated carbocycles. The van der Waals surface area contributed by atoms with Crippen molar-refractivity contribution in [2.24, 2.45) is 5.92 Å². The maximum atomic E-state index is 5.91. The fraction of sp³-hybridized carbons (Fsp3) is 0.846. The third-order valence-electron chi connectivity index (χ3n) is 3.45. The third-order valence-corrected chi connectivity index (χ3v) is 3.45. The molecule has 0 spiro atoms. The topological polar surface area (TPSA) is 31.0 Å². The summed E-state index contributed by atoms with van der Waals surface area (Å²) in [6.07, 6.45) is 8.66.